The maximum atomic E-state index is 12.3. The van der Waals surface area contributed by atoms with Crippen molar-refractivity contribution in [3.8, 4) is 0 Å². The highest BCUT2D eigenvalue weighted by atomic mass is 79.9. The molecule has 0 atom stereocenters. The molecule has 1 aromatic heterocycles. The van der Waals surface area contributed by atoms with Crippen LogP contribution in [-0.2, 0) is 10.0 Å². The van der Waals surface area contributed by atoms with Crippen molar-refractivity contribution in [3.63, 3.8) is 0 Å². The maximum Gasteiger partial charge on any atom is 0.263 e. The average Bonchev–Trinajstić information content (AvgIpc) is 2.80. The summed E-state index contributed by atoms with van der Waals surface area (Å²) in [5.74, 6) is 0.277. The second kappa shape index (κ2) is 5.83. The zero-order chi connectivity index (χ0) is 14.9. The molecule has 7 heteroatoms. The third kappa shape index (κ3) is 3.39. The molecule has 0 saturated carbocycles. The van der Waals surface area contributed by atoms with Crippen LogP contribution in [0.15, 0.2) is 32.9 Å². The molecule has 1 aromatic carbocycles. The SMILES string of the molecule is Cc1cc(S(=O)(=O)Nc2nc(C(C)C)cs2)ccc1Br. The predicted molar refractivity (Wildman–Crippen MR) is 85.9 cm³/mol. The van der Waals surface area contributed by atoms with E-state index >= 15 is 0 Å². The number of anilines is 1. The van der Waals surface area contributed by atoms with Gasteiger partial charge in [0.05, 0.1) is 10.6 Å². The molecule has 2 aromatic rings. The number of rotatable bonds is 4. The van der Waals surface area contributed by atoms with Crippen LogP contribution in [0.25, 0.3) is 0 Å². The summed E-state index contributed by atoms with van der Waals surface area (Å²) in [6, 6.07) is 4.92. The van der Waals surface area contributed by atoms with Crippen LogP contribution in [0.1, 0.15) is 31.0 Å². The topological polar surface area (TPSA) is 59.1 Å². The summed E-state index contributed by atoms with van der Waals surface area (Å²) in [6.45, 7) is 5.89. The standard InChI is InChI=1S/C13H15BrN2O2S2/c1-8(2)12-7-19-13(15-12)16-20(17,18)10-4-5-11(14)9(3)6-10/h4-8H,1-3H3,(H,15,16). The van der Waals surface area contributed by atoms with Crippen LogP contribution in [-0.4, -0.2) is 13.4 Å². The Morgan fingerprint density at radius 1 is 1.35 bits per heavy atom. The molecular weight excluding hydrogens is 360 g/mol. The molecule has 0 spiro atoms. The van der Waals surface area contributed by atoms with E-state index in [1.165, 1.54) is 11.3 Å². The highest BCUT2D eigenvalue weighted by Gasteiger charge is 2.17. The number of aryl methyl sites for hydroxylation is 1. The van der Waals surface area contributed by atoms with Crippen LogP contribution in [0.4, 0.5) is 5.13 Å². The molecule has 4 nitrogen and oxygen atoms in total. The number of halogens is 1. The summed E-state index contributed by atoms with van der Waals surface area (Å²) in [5, 5.41) is 2.27. The Hall–Kier alpha value is -0.920. The van der Waals surface area contributed by atoms with Gasteiger partial charge in [0.1, 0.15) is 0 Å². The molecule has 20 heavy (non-hydrogen) atoms. The summed E-state index contributed by atoms with van der Waals surface area (Å²) < 4.78 is 28.0. The number of nitrogens with zero attached hydrogens (tertiary/aromatic N) is 1. The quantitative estimate of drug-likeness (QED) is 0.874. The van der Waals surface area contributed by atoms with Crippen LogP contribution in [0.3, 0.4) is 0 Å². The number of sulfonamides is 1. The molecule has 0 fully saturated rings. The Kier molecular flexibility index (Phi) is 4.51. The zero-order valence-corrected chi connectivity index (χ0v) is 14.6. The summed E-state index contributed by atoms with van der Waals surface area (Å²) in [6.07, 6.45) is 0. The Morgan fingerprint density at radius 2 is 2.05 bits per heavy atom. The first-order chi connectivity index (χ1) is 9.29. The van der Waals surface area contributed by atoms with Crippen molar-refractivity contribution in [1.29, 1.82) is 0 Å². The molecule has 0 amide bonds. The van der Waals surface area contributed by atoms with E-state index in [0.717, 1.165) is 15.7 Å². The Bertz CT molecular complexity index is 724. The van der Waals surface area contributed by atoms with Gasteiger partial charge in [0, 0.05) is 9.85 Å². The second-order valence-corrected chi connectivity index (χ2v) is 8.14. The van der Waals surface area contributed by atoms with E-state index < -0.39 is 10.0 Å². The zero-order valence-electron chi connectivity index (χ0n) is 11.3. The summed E-state index contributed by atoms with van der Waals surface area (Å²) in [7, 11) is -3.59. The normalized spacial score (nSPS) is 11.8. The monoisotopic (exact) mass is 374 g/mol. The maximum absolute atomic E-state index is 12.3. The number of aromatic nitrogens is 1. The smallest absolute Gasteiger partial charge is 0.255 e. The molecule has 1 N–H and O–H groups in total. The van der Waals surface area contributed by atoms with Gasteiger partial charge in [-0.05, 0) is 36.6 Å². The number of hydrogen-bond acceptors (Lipinski definition) is 4. The Balaban J connectivity index is 2.28. The average molecular weight is 375 g/mol. The van der Waals surface area contributed by atoms with E-state index in [2.05, 4.69) is 25.6 Å². The van der Waals surface area contributed by atoms with Crippen LogP contribution >= 0.6 is 27.3 Å². The van der Waals surface area contributed by atoms with Crippen LogP contribution in [0.2, 0.25) is 0 Å². The van der Waals surface area contributed by atoms with Gasteiger partial charge >= 0.3 is 0 Å². The molecule has 0 aliphatic carbocycles. The molecule has 0 unspecified atom stereocenters. The number of hydrogen-bond donors (Lipinski definition) is 1. The molecule has 0 bridgehead atoms. The lowest BCUT2D eigenvalue weighted by Gasteiger charge is -2.07. The van der Waals surface area contributed by atoms with E-state index in [9.17, 15) is 8.42 Å². The lowest BCUT2D eigenvalue weighted by Crippen LogP contribution is -2.13. The van der Waals surface area contributed by atoms with Gasteiger partial charge in [0.25, 0.3) is 10.0 Å². The van der Waals surface area contributed by atoms with Gasteiger partial charge < -0.3 is 0 Å². The minimum absolute atomic E-state index is 0.236. The molecule has 0 saturated heterocycles. The van der Waals surface area contributed by atoms with Crippen molar-refractivity contribution in [2.24, 2.45) is 0 Å². The van der Waals surface area contributed by atoms with E-state index in [4.69, 9.17) is 0 Å². The first-order valence-electron chi connectivity index (χ1n) is 6.04. The molecule has 2 rings (SSSR count). The molecule has 108 valence electrons. The second-order valence-electron chi connectivity index (χ2n) is 4.75. The van der Waals surface area contributed by atoms with Gasteiger partial charge in [-0.3, -0.25) is 4.72 Å². The molecule has 0 aliphatic heterocycles. The van der Waals surface area contributed by atoms with Gasteiger partial charge in [0.15, 0.2) is 5.13 Å². The summed E-state index contributed by atoms with van der Waals surface area (Å²) >= 11 is 4.65. The fraction of sp³-hybridized carbons (Fsp3) is 0.308. The molecular formula is C13H15BrN2O2S2. The van der Waals surface area contributed by atoms with E-state index in [0.29, 0.717) is 5.13 Å². The summed E-state index contributed by atoms with van der Waals surface area (Å²) in [4.78, 5) is 4.52. The van der Waals surface area contributed by atoms with Crippen molar-refractivity contribution in [2.45, 2.75) is 31.6 Å². The summed E-state index contributed by atoms with van der Waals surface area (Å²) in [5.41, 5.74) is 1.76. The van der Waals surface area contributed by atoms with Gasteiger partial charge in [-0.15, -0.1) is 11.3 Å². The van der Waals surface area contributed by atoms with Gasteiger partial charge in [-0.25, -0.2) is 13.4 Å². The van der Waals surface area contributed by atoms with Crippen LogP contribution in [0.5, 0.6) is 0 Å². The first-order valence-corrected chi connectivity index (χ1v) is 9.19. The van der Waals surface area contributed by atoms with E-state index in [1.807, 2.05) is 26.2 Å². The van der Waals surface area contributed by atoms with Gasteiger partial charge in [0.2, 0.25) is 0 Å². The largest absolute Gasteiger partial charge is 0.263 e. The minimum atomic E-state index is -3.59. The fourth-order valence-electron chi connectivity index (χ4n) is 1.56. The highest BCUT2D eigenvalue weighted by Crippen LogP contribution is 2.25. The van der Waals surface area contributed by atoms with Crippen molar-refractivity contribution < 1.29 is 8.42 Å². The van der Waals surface area contributed by atoms with Crippen LogP contribution < -0.4 is 4.72 Å². The predicted octanol–water partition coefficient (Wildman–Crippen LogP) is 4.14. The first kappa shape index (κ1) is 15.5. The lowest BCUT2D eigenvalue weighted by atomic mass is 10.2. The van der Waals surface area contributed by atoms with Gasteiger partial charge in [-0.2, -0.15) is 0 Å². The van der Waals surface area contributed by atoms with E-state index in [-0.39, 0.29) is 10.8 Å². The van der Waals surface area contributed by atoms with Crippen molar-refractivity contribution in [2.75, 3.05) is 4.72 Å². The third-order valence-electron chi connectivity index (χ3n) is 2.77. The van der Waals surface area contributed by atoms with E-state index in [1.54, 1.807) is 18.2 Å². The Morgan fingerprint density at radius 3 is 2.60 bits per heavy atom. The van der Waals surface area contributed by atoms with Gasteiger partial charge in [-0.1, -0.05) is 29.8 Å². The number of nitrogens with one attached hydrogen (secondary N) is 1. The third-order valence-corrected chi connectivity index (χ3v) is 5.91. The number of thiazole rings is 1. The minimum Gasteiger partial charge on any atom is -0.255 e. The van der Waals surface area contributed by atoms with Crippen LogP contribution in [0, 0.1) is 6.92 Å². The van der Waals surface area contributed by atoms with Crippen molar-refractivity contribution >= 4 is 42.4 Å². The molecule has 1 heterocycles. The molecule has 0 radical (unpaired) electrons. The molecule has 0 aliphatic rings. The van der Waals surface area contributed by atoms with Crippen molar-refractivity contribution in [1.82, 2.24) is 4.98 Å². The number of benzene rings is 1. The van der Waals surface area contributed by atoms with Crippen molar-refractivity contribution in [3.05, 3.63) is 39.3 Å². The Labute approximate surface area is 131 Å². The fourth-order valence-corrected chi connectivity index (χ4v) is 4.01. The lowest BCUT2D eigenvalue weighted by molar-refractivity contribution is 0.601. The highest BCUT2D eigenvalue weighted by molar-refractivity contribution is 9.10.